The van der Waals surface area contributed by atoms with Crippen LogP contribution in [0.25, 0.3) is 11.3 Å². The molecule has 0 amide bonds. The van der Waals surface area contributed by atoms with Crippen molar-refractivity contribution in [3.63, 3.8) is 0 Å². The molecule has 120 valence electrons. The van der Waals surface area contributed by atoms with Gasteiger partial charge < -0.3 is 5.11 Å². The molecule has 0 radical (unpaired) electrons. The van der Waals surface area contributed by atoms with Gasteiger partial charge in [-0.1, -0.05) is 17.7 Å². The third kappa shape index (κ3) is 4.32. The number of carboxylic acid groups (broad SMARTS) is 1. The quantitative estimate of drug-likeness (QED) is 0.823. The van der Waals surface area contributed by atoms with E-state index in [4.69, 9.17) is 16.7 Å². The van der Waals surface area contributed by atoms with Crippen molar-refractivity contribution < 1.29 is 18.7 Å². The second-order valence-corrected chi connectivity index (χ2v) is 5.44. The largest absolute Gasteiger partial charge is 0.478 e. The van der Waals surface area contributed by atoms with Crippen molar-refractivity contribution in [3.8, 4) is 11.3 Å². The van der Waals surface area contributed by atoms with Crippen molar-refractivity contribution in [2.24, 2.45) is 4.99 Å². The van der Waals surface area contributed by atoms with Crippen LogP contribution in [0.1, 0.15) is 22.8 Å². The predicted octanol–water partition coefficient (Wildman–Crippen LogP) is 4.68. The number of aryl methyl sites for hydroxylation is 1. The van der Waals surface area contributed by atoms with Crippen molar-refractivity contribution in [2.45, 2.75) is 19.8 Å². The molecule has 4 nitrogen and oxygen atoms in total. The fourth-order valence-corrected chi connectivity index (χ4v) is 1.89. The summed E-state index contributed by atoms with van der Waals surface area (Å²) in [5.74, 6) is -4.50. The summed E-state index contributed by atoms with van der Waals surface area (Å²) in [6.45, 7) is 2.48. The van der Waals surface area contributed by atoms with Crippen molar-refractivity contribution in [2.75, 3.05) is 0 Å². The van der Waals surface area contributed by atoms with Gasteiger partial charge in [0.05, 0.1) is 16.9 Å². The molecule has 0 aliphatic carbocycles. The smallest absolute Gasteiger partial charge is 0.335 e. The van der Waals surface area contributed by atoms with E-state index in [1.807, 2.05) is 13.0 Å². The van der Waals surface area contributed by atoms with Crippen LogP contribution in [0, 0.1) is 6.92 Å². The molecule has 7 heteroatoms. The number of halogens is 3. The summed E-state index contributed by atoms with van der Waals surface area (Å²) in [6, 6.07) is 7.55. The van der Waals surface area contributed by atoms with Crippen LogP contribution < -0.4 is 0 Å². The minimum atomic E-state index is -3.30. The first-order valence-electron chi connectivity index (χ1n) is 6.61. The highest BCUT2D eigenvalue weighted by atomic mass is 35.5. The van der Waals surface area contributed by atoms with E-state index in [1.54, 1.807) is 12.3 Å². The summed E-state index contributed by atoms with van der Waals surface area (Å²) in [4.78, 5) is 19.0. The Morgan fingerprint density at radius 1 is 1.30 bits per heavy atom. The van der Waals surface area contributed by atoms with Crippen molar-refractivity contribution in [1.82, 2.24) is 4.98 Å². The van der Waals surface area contributed by atoms with E-state index in [0.29, 0.717) is 18.2 Å². The molecule has 1 heterocycles. The van der Waals surface area contributed by atoms with Gasteiger partial charge in [0, 0.05) is 18.7 Å². The normalized spacial score (nSPS) is 12.3. The number of hydrogen-bond acceptors (Lipinski definition) is 3. The summed E-state index contributed by atoms with van der Waals surface area (Å²) >= 11 is 5.48. The van der Waals surface area contributed by atoms with E-state index >= 15 is 0 Å². The zero-order valence-corrected chi connectivity index (χ0v) is 13.1. The highest BCUT2D eigenvalue weighted by Gasteiger charge is 2.28. The molecule has 0 atom stereocenters. The minimum Gasteiger partial charge on any atom is -0.478 e. The average molecular weight is 339 g/mol. The molecule has 0 bridgehead atoms. The van der Waals surface area contributed by atoms with E-state index in [0.717, 1.165) is 5.56 Å². The number of pyridine rings is 1. The van der Waals surface area contributed by atoms with Gasteiger partial charge in [-0.3, -0.25) is 4.98 Å². The zero-order chi connectivity index (χ0) is 17.2. The van der Waals surface area contributed by atoms with Crippen molar-refractivity contribution in [3.05, 3.63) is 47.7 Å². The van der Waals surface area contributed by atoms with Gasteiger partial charge in [0.25, 0.3) is 5.92 Å². The van der Waals surface area contributed by atoms with Crippen molar-refractivity contribution in [1.29, 1.82) is 0 Å². The second kappa shape index (κ2) is 6.42. The summed E-state index contributed by atoms with van der Waals surface area (Å²) in [7, 11) is 0. The Morgan fingerprint density at radius 3 is 2.52 bits per heavy atom. The SMILES string of the molecule is Cc1ccc(-c2cc(N=C(Cl)C(C)(F)F)cc(C(=O)O)c2)nc1. The maximum absolute atomic E-state index is 13.1. The van der Waals surface area contributed by atoms with E-state index in [-0.39, 0.29) is 11.3 Å². The van der Waals surface area contributed by atoms with Gasteiger partial charge in [-0.15, -0.1) is 0 Å². The van der Waals surface area contributed by atoms with E-state index in [9.17, 15) is 13.6 Å². The van der Waals surface area contributed by atoms with Crippen LogP contribution in [0.4, 0.5) is 14.5 Å². The fraction of sp³-hybridized carbons (Fsp3) is 0.188. The number of nitrogens with zero attached hydrogens (tertiary/aromatic N) is 2. The number of carbonyl (C=O) groups is 1. The Balaban J connectivity index is 2.56. The molecular weight excluding hydrogens is 326 g/mol. The molecular formula is C16H13ClF2N2O2. The molecule has 2 aromatic rings. The van der Waals surface area contributed by atoms with Gasteiger partial charge in [-0.25, -0.2) is 9.79 Å². The Bertz CT molecular complexity index is 769. The monoisotopic (exact) mass is 338 g/mol. The molecule has 0 unspecified atom stereocenters. The lowest BCUT2D eigenvalue weighted by Crippen LogP contribution is -2.18. The van der Waals surface area contributed by atoms with Crippen molar-refractivity contribution >= 4 is 28.4 Å². The number of alkyl halides is 2. The topological polar surface area (TPSA) is 62.5 Å². The molecule has 0 fully saturated rings. The summed E-state index contributed by atoms with van der Waals surface area (Å²) in [5.41, 5.74) is 1.83. The van der Waals surface area contributed by atoms with Crippen LogP contribution in [0.2, 0.25) is 0 Å². The molecule has 23 heavy (non-hydrogen) atoms. The number of benzene rings is 1. The highest BCUT2D eigenvalue weighted by Crippen LogP contribution is 2.28. The summed E-state index contributed by atoms with van der Waals surface area (Å²) in [6.07, 6.45) is 1.62. The number of aromatic carboxylic acids is 1. The van der Waals surface area contributed by atoms with Gasteiger partial charge in [0.15, 0.2) is 5.17 Å². The van der Waals surface area contributed by atoms with E-state index in [2.05, 4.69) is 9.98 Å². The third-order valence-electron chi connectivity index (χ3n) is 2.96. The summed E-state index contributed by atoms with van der Waals surface area (Å²) < 4.78 is 26.3. The Hall–Kier alpha value is -2.34. The van der Waals surface area contributed by atoms with E-state index < -0.39 is 17.1 Å². The third-order valence-corrected chi connectivity index (χ3v) is 3.38. The predicted molar refractivity (Wildman–Crippen MR) is 84.9 cm³/mol. The van der Waals surface area contributed by atoms with Crippen LogP contribution in [0.3, 0.4) is 0 Å². The van der Waals surface area contributed by atoms with Gasteiger partial charge in [-0.05, 0) is 36.8 Å². The van der Waals surface area contributed by atoms with Gasteiger partial charge in [-0.2, -0.15) is 8.78 Å². The van der Waals surface area contributed by atoms with Crippen LogP contribution in [-0.4, -0.2) is 27.2 Å². The lowest BCUT2D eigenvalue weighted by Gasteiger charge is -2.09. The van der Waals surface area contributed by atoms with Crippen LogP contribution in [-0.2, 0) is 0 Å². The number of hydrogen-bond donors (Lipinski definition) is 1. The number of carboxylic acids is 1. The number of aromatic nitrogens is 1. The van der Waals surface area contributed by atoms with Gasteiger partial charge in [0.2, 0.25) is 0 Å². The summed E-state index contributed by atoms with van der Waals surface area (Å²) in [5, 5.41) is 8.25. The maximum Gasteiger partial charge on any atom is 0.335 e. The molecule has 0 aliphatic heterocycles. The molecule has 1 aromatic heterocycles. The maximum atomic E-state index is 13.1. The second-order valence-electron chi connectivity index (χ2n) is 5.09. The number of rotatable bonds is 4. The molecule has 0 saturated heterocycles. The molecule has 2 rings (SSSR count). The average Bonchev–Trinajstić information content (AvgIpc) is 2.46. The molecule has 0 saturated carbocycles. The lowest BCUT2D eigenvalue weighted by molar-refractivity contribution is 0.0697. The lowest BCUT2D eigenvalue weighted by atomic mass is 10.1. The van der Waals surface area contributed by atoms with Crippen LogP contribution in [0.15, 0.2) is 41.5 Å². The Labute approximate surface area is 136 Å². The number of aliphatic imine (C=N–C) groups is 1. The molecule has 0 spiro atoms. The fourth-order valence-electron chi connectivity index (χ4n) is 1.80. The van der Waals surface area contributed by atoms with Gasteiger partial charge in [0.1, 0.15) is 0 Å². The Morgan fingerprint density at radius 2 is 2.00 bits per heavy atom. The molecule has 0 aliphatic rings. The zero-order valence-electron chi connectivity index (χ0n) is 12.3. The van der Waals surface area contributed by atoms with E-state index in [1.165, 1.54) is 18.2 Å². The first-order chi connectivity index (χ1) is 10.7. The van der Waals surface area contributed by atoms with Crippen LogP contribution >= 0.6 is 11.6 Å². The standard InChI is InChI=1S/C16H13ClF2N2O2/c1-9-3-4-13(20-8-9)10-5-11(14(22)23)7-12(6-10)21-15(17)16(2,18)19/h3-8H,1-2H3,(H,22,23). The minimum absolute atomic E-state index is 0.0220. The first-order valence-corrected chi connectivity index (χ1v) is 6.98. The highest BCUT2D eigenvalue weighted by molar-refractivity contribution is 6.67. The first kappa shape index (κ1) is 17.0. The molecule has 1 aromatic carbocycles. The molecule has 1 N–H and O–H groups in total. The Kier molecular flexibility index (Phi) is 4.75. The van der Waals surface area contributed by atoms with Gasteiger partial charge >= 0.3 is 5.97 Å². The van der Waals surface area contributed by atoms with Crippen LogP contribution in [0.5, 0.6) is 0 Å².